The van der Waals surface area contributed by atoms with Gasteiger partial charge in [-0.15, -0.1) is 0 Å². The van der Waals surface area contributed by atoms with Crippen molar-refractivity contribution in [2.75, 3.05) is 33.0 Å². The summed E-state index contributed by atoms with van der Waals surface area (Å²) in [7, 11) is 0. The summed E-state index contributed by atoms with van der Waals surface area (Å²) in [6.45, 7) is 7.67. The fourth-order valence-corrected chi connectivity index (χ4v) is 2.09. The van der Waals surface area contributed by atoms with Gasteiger partial charge in [0.2, 0.25) is 0 Å². The fraction of sp³-hybridized carbons (Fsp3) is 1.00. The van der Waals surface area contributed by atoms with Crippen molar-refractivity contribution in [3.05, 3.63) is 0 Å². The highest BCUT2D eigenvalue weighted by molar-refractivity contribution is 4.68. The van der Waals surface area contributed by atoms with Gasteiger partial charge in [-0.2, -0.15) is 0 Å². The maximum absolute atomic E-state index is 9.19. The summed E-state index contributed by atoms with van der Waals surface area (Å²) in [5, 5.41) is 12.5. The number of hydrogen-bond donors (Lipinski definition) is 2. The lowest BCUT2D eigenvalue weighted by Gasteiger charge is -2.23. The van der Waals surface area contributed by atoms with Crippen molar-refractivity contribution >= 4 is 0 Å². The van der Waals surface area contributed by atoms with Crippen molar-refractivity contribution in [3.63, 3.8) is 0 Å². The molecule has 2 N–H and O–H groups in total. The van der Waals surface area contributed by atoms with E-state index in [2.05, 4.69) is 19.2 Å². The minimum Gasteiger partial charge on any atom is -0.395 e. The quantitative estimate of drug-likeness (QED) is 0.631. The van der Waals surface area contributed by atoms with Gasteiger partial charge in [-0.1, -0.05) is 13.8 Å². The molecule has 4 nitrogen and oxygen atoms in total. The number of hydrogen-bond acceptors (Lipinski definition) is 4. The summed E-state index contributed by atoms with van der Waals surface area (Å²) in [4.78, 5) is 0. The number of ether oxygens (including phenoxy) is 2. The van der Waals surface area contributed by atoms with Gasteiger partial charge in [0.05, 0.1) is 6.61 Å². The van der Waals surface area contributed by atoms with Crippen LogP contribution in [-0.2, 0) is 9.47 Å². The molecule has 0 radical (unpaired) electrons. The van der Waals surface area contributed by atoms with Crippen LogP contribution in [-0.4, -0.2) is 50.2 Å². The van der Waals surface area contributed by atoms with Crippen molar-refractivity contribution in [2.45, 2.75) is 45.2 Å². The molecule has 1 aliphatic heterocycles. The van der Waals surface area contributed by atoms with Gasteiger partial charge >= 0.3 is 0 Å². The lowest BCUT2D eigenvalue weighted by atomic mass is 10.0. The lowest BCUT2D eigenvalue weighted by molar-refractivity contribution is 0.0173. The van der Waals surface area contributed by atoms with Gasteiger partial charge < -0.3 is 19.9 Å². The van der Waals surface area contributed by atoms with Crippen LogP contribution in [0.2, 0.25) is 0 Å². The first kappa shape index (κ1) is 14.9. The molecule has 0 bridgehead atoms. The molecule has 0 aromatic rings. The van der Waals surface area contributed by atoms with E-state index in [1.54, 1.807) is 0 Å². The van der Waals surface area contributed by atoms with Crippen LogP contribution in [0.3, 0.4) is 0 Å². The van der Waals surface area contributed by atoms with Crippen molar-refractivity contribution in [1.82, 2.24) is 5.32 Å². The van der Waals surface area contributed by atoms with E-state index in [0.29, 0.717) is 12.0 Å². The Bertz CT molecular complexity index is 182. The predicted octanol–water partition coefficient (Wildman–Crippen LogP) is 1.18. The van der Waals surface area contributed by atoms with Crippen LogP contribution in [0, 0.1) is 5.92 Å². The predicted molar refractivity (Wildman–Crippen MR) is 68.1 cm³/mol. The van der Waals surface area contributed by atoms with Crippen molar-refractivity contribution in [1.29, 1.82) is 0 Å². The van der Waals surface area contributed by atoms with Crippen molar-refractivity contribution < 1.29 is 14.6 Å². The van der Waals surface area contributed by atoms with Crippen LogP contribution in [0.4, 0.5) is 0 Å². The van der Waals surface area contributed by atoms with Crippen LogP contribution in [0.5, 0.6) is 0 Å². The number of aliphatic hydroxyl groups is 1. The van der Waals surface area contributed by atoms with Gasteiger partial charge in [0.15, 0.2) is 0 Å². The fourth-order valence-electron chi connectivity index (χ4n) is 2.09. The zero-order valence-corrected chi connectivity index (χ0v) is 11.2. The van der Waals surface area contributed by atoms with Crippen molar-refractivity contribution in [2.24, 2.45) is 5.92 Å². The monoisotopic (exact) mass is 245 g/mol. The van der Waals surface area contributed by atoms with E-state index in [0.717, 1.165) is 45.7 Å². The van der Waals surface area contributed by atoms with Gasteiger partial charge in [0, 0.05) is 38.5 Å². The molecule has 1 unspecified atom stereocenters. The summed E-state index contributed by atoms with van der Waals surface area (Å²) in [6, 6.07) is 0.562. The second kappa shape index (κ2) is 8.86. The molecular weight excluding hydrogens is 218 g/mol. The van der Waals surface area contributed by atoms with Gasteiger partial charge in [-0.25, -0.2) is 0 Å². The highest BCUT2D eigenvalue weighted by Crippen LogP contribution is 2.14. The second-order valence-electron chi connectivity index (χ2n) is 5.12. The van der Waals surface area contributed by atoms with E-state index >= 15 is 0 Å². The first-order chi connectivity index (χ1) is 8.22. The molecule has 1 aliphatic rings. The van der Waals surface area contributed by atoms with Crippen LogP contribution in [0.1, 0.15) is 33.1 Å². The molecule has 0 saturated carbocycles. The average molecular weight is 245 g/mol. The van der Waals surface area contributed by atoms with E-state index in [1.807, 2.05) is 0 Å². The molecular formula is C13H27NO3. The Morgan fingerprint density at radius 2 is 2.06 bits per heavy atom. The van der Waals surface area contributed by atoms with E-state index in [4.69, 9.17) is 9.47 Å². The average Bonchev–Trinajstić information content (AvgIpc) is 2.34. The largest absolute Gasteiger partial charge is 0.395 e. The molecule has 1 atom stereocenters. The lowest BCUT2D eigenvalue weighted by Crippen LogP contribution is -2.38. The molecule has 102 valence electrons. The summed E-state index contributed by atoms with van der Waals surface area (Å²) in [6.07, 6.45) is 3.11. The summed E-state index contributed by atoms with van der Waals surface area (Å²) < 4.78 is 11.0. The Morgan fingerprint density at radius 3 is 2.65 bits per heavy atom. The Morgan fingerprint density at radius 1 is 1.35 bits per heavy atom. The van der Waals surface area contributed by atoms with Crippen LogP contribution in [0.25, 0.3) is 0 Å². The molecule has 1 heterocycles. The van der Waals surface area contributed by atoms with Crippen LogP contribution < -0.4 is 5.32 Å². The number of aliphatic hydroxyl groups excluding tert-OH is 1. The van der Waals surface area contributed by atoms with Gasteiger partial charge in [0.1, 0.15) is 0 Å². The summed E-state index contributed by atoms with van der Waals surface area (Å²) in [5.41, 5.74) is 0. The first-order valence-corrected chi connectivity index (χ1v) is 6.74. The SMILES string of the molecule is CC(C)NC(CO)CCOCC1CCOCC1. The van der Waals surface area contributed by atoms with Gasteiger partial charge in [-0.05, 0) is 25.2 Å². The normalized spacial score (nSPS) is 19.8. The minimum absolute atomic E-state index is 0.157. The molecule has 0 aliphatic carbocycles. The summed E-state index contributed by atoms with van der Waals surface area (Å²) in [5.74, 6) is 0.661. The van der Waals surface area contributed by atoms with Crippen LogP contribution in [0.15, 0.2) is 0 Å². The van der Waals surface area contributed by atoms with Gasteiger partial charge in [-0.3, -0.25) is 0 Å². The molecule has 0 spiro atoms. The van der Waals surface area contributed by atoms with E-state index in [9.17, 15) is 5.11 Å². The number of nitrogens with one attached hydrogen (secondary N) is 1. The third-order valence-corrected chi connectivity index (χ3v) is 3.09. The molecule has 1 fully saturated rings. The van der Waals surface area contributed by atoms with Crippen molar-refractivity contribution in [3.8, 4) is 0 Å². The van der Waals surface area contributed by atoms with Gasteiger partial charge in [0.25, 0.3) is 0 Å². The van der Waals surface area contributed by atoms with E-state index in [1.165, 1.54) is 0 Å². The smallest absolute Gasteiger partial charge is 0.0585 e. The van der Waals surface area contributed by atoms with E-state index in [-0.39, 0.29) is 12.6 Å². The molecule has 1 rings (SSSR count). The maximum atomic E-state index is 9.19. The Labute approximate surface area is 105 Å². The molecule has 0 aromatic carbocycles. The van der Waals surface area contributed by atoms with Crippen LogP contribution >= 0.6 is 0 Å². The molecule has 0 amide bonds. The third-order valence-electron chi connectivity index (χ3n) is 3.09. The van der Waals surface area contributed by atoms with E-state index < -0.39 is 0 Å². The third kappa shape index (κ3) is 6.99. The minimum atomic E-state index is 0.157. The highest BCUT2D eigenvalue weighted by atomic mass is 16.5. The maximum Gasteiger partial charge on any atom is 0.0585 e. The molecule has 1 saturated heterocycles. The molecule has 17 heavy (non-hydrogen) atoms. The second-order valence-corrected chi connectivity index (χ2v) is 5.12. The molecule has 0 aromatic heterocycles. The highest BCUT2D eigenvalue weighted by Gasteiger charge is 2.14. The Balaban J connectivity index is 2.01. The Kier molecular flexibility index (Phi) is 7.77. The zero-order valence-electron chi connectivity index (χ0n) is 11.2. The number of rotatable bonds is 8. The standard InChI is InChI=1S/C13H27NO3/c1-11(2)14-13(9-15)5-8-17-10-12-3-6-16-7-4-12/h11-15H,3-10H2,1-2H3. The Hall–Kier alpha value is -0.160. The summed E-state index contributed by atoms with van der Waals surface area (Å²) >= 11 is 0. The first-order valence-electron chi connectivity index (χ1n) is 6.74. The molecule has 4 heteroatoms. The topological polar surface area (TPSA) is 50.7 Å². The zero-order chi connectivity index (χ0) is 12.5.